The SMILES string of the molecule is CC[C@@H](CO)NCCOCCOc1c(C)cccc1C. The lowest BCUT2D eigenvalue weighted by Crippen LogP contribution is -2.34. The highest BCUT2D eigenvalue weighted by atomic mass is 16.5. The van der Waals surface area contributed by atoms with Crippen LogP contribution >= 0.6 is 0 Å². The molecule has 0 aliphatic heterocycles. The summed E-state index contributed by atoms with van der Waals surface area (Å²) in [6.07, 6.45) is 0.923. The number of rotatable bonds is 10. The lowest BCUT2D eigenvalue weighted by molar-refractivity contribution is 0.0977. The minimum Gasteiger partial charge on any atom is -0.491 e. The van der Waals surface area contributed by atoms with Crippen LogP contribution in [0.4, 0.5) is 0 Å². The van der Waals surface area contributed by atoms with Crippen LogP contribution in [-0.2, 0) is 4.74 Å². The standard InChI is InChI=1S/C16H27NO3/c1-4-15(12-18)17-8-9-19-10-11-20-16-13(2)6-5-7-14(16)3/h5-7,15,17-18H,4,8-12H2,1-3H3/t15-/m0/s1. The molecule has 0 fully saturated rings. The normalized spacial score (nSPS) is 12.4. The maximum absolute atomic E-state index is 9.02. The average molecular weight is 281 g/mol. The minimum atomic E-state index is 0.171. The molecular weight excluding hydrogens is 254 g/mol. The Hall–Kier alpha value is -1.10. The van der Waals surface area contributed by atoms with Gasteiger partial charge in [-0.1, -0.05) is 25.1 Å². The highest BCUT2D eigenvalue weighted by Crippen LogP contribution is 2.21. The number of ether oxygens (including phenoxy) is 2. The van der Waals surface area contributed by atoms with Crippen LogP contribution in [0.15, 0.2) is 18.2 Å². The molecule has 0 saturated heterocycles. The van der Waals surface area contributed by atoms with E-state index in [1.54, 1.807) is 0 Å². The summed E-state index contributed by atoms with van der Waals surface area (Å²) in [6, 6.07) is 6.30. The van der Waals surface area contributed by atoms with Gasteiger partial charge >= 0.3 is 0 Å². The van der Waals surface area contributed by atoms with Crippen LogP contribution < -0.4 is 10.1 Å². The Balaban J connectivity index is 2.11. The number of aliphatic hydroxyl groups excluding tert-OH is 1. The van der Waals surface area contributed by atoms with Gasteiger partial charge in [0.1, 0.15) is 12.4 Å². The fourth-order valence-corrected chi connectivity index (χ4v) is 2.00. The predicted molar refractivity (Wildman–Crippen MR) is 81.4 cm³/mol. The predicted octanol–water partition coefficient (Wildman–Crippen LogP) is 2.06. The van der Waals surface area contributed by atoms with Crippen molar-refractivity contribution in [3.05, 3.63) is 29.3 Å². The van der Waals surface area contributed by atoms with Gasteiger partial charge in [-0.2, -0.15) is 0 Å². The fraction of sp³-hybridized carbons (Fsp3) is 0.625. The summed E-state index contributed by atoms with van der Waals surface area (Å²) in [6.45, 7) is 8.84. The molecule has 1 atom stereocenters. The van der Waals surface area contributed by atoms with Gasteiger partial charge < -0.3 is 19.9 Å². The topological polar surface area (TPSA) is 50.7 Å². The third-order valence-corrected chi connectivity index (χ3v) is 3.28. The number of hydrogen-bond donors (Lipinski definition) is 2. The van der Waals surface area contributed by atoms with Crippen molar-refractivity contribution < 1.29 is 14.6 Å². The summed E-state index contributed by atoms with van der Waals surface area (Å²) in [5.41, 5.74) is 2.31. The summed E-state index contributed by atoms with van der Waals surface area (Å²) < 4.78 is 11.3. The fourth-order valence-electron chi connectivity index (χ4n) is 2.00. The van der Waals surface area contributed by atoms with Gasteiger partial charge in [-0.25, -0.2) is 0 Å². The molecule has 0 aliphatic carbocycles. The van der Waals surface area contributed by atoms with E-state index in [0.717, 1.165) is 29.8 Å². The lowest BCUT2D eigenvalue weighted by atomic mass is 10.1. The molecule has 2 N–H and O–H groups in total. The van der Waals surface area contributed by atoms with Gasteiger partial charge in [0, 0.05) is 12.6 Å². The average Bonchev–Trinajstić information content (AvgIpc) is 2.44. The number of para-hydroxylation sites is 1. The first-order valence-corrected chi connectivity index (χ1v) is 7.30. The Morgan fingerprint density at radius 3 is 2.45 bits per heavy atom. The lowest BCUT2D eigenvalue weighted by Gasteiger charge is -2.14. The molecule has 1 aromatic rings. The maximum Gasteiger partial charge on any atom is 0.125 e. The second-order valence-electron chi connectivity index (χ2n) is 4.92. The molecule has 0 aliphatic rings. The van der Waals surface area contributed by atoms with E-state index < -0.39 is 0 Å². The van der Waals surface area contributed by atoms with E-state index in [0.29, 0.717) is 19.8 Å². The molecule has 1 aromatic carbocycles. The molecule has 4 heteroatoms. The van der Waals surface area contributed by atoms with Crippen molar-refractivity contribution in [1.29, 1.82) is 0 Å². The van der Waals surface area contributed by atoms with Crippen molar-refractivity contribution in [3.8, 4) is 5.75 Å². The Kier molecular flexibility index (Phi) is 8.26. The molecule has 20 heavy (non-hydrogen) atoms. The quantitative estimate of drug-likeness (QED) is 0.645. The molecular formula is C16H27NO3. The van der Waals surface area contributed by atoms with Crippen molar-refractivity contribution >= 4 is 0 Å². The first-order valence-electron chi connectivity index (χ1n) is 7.30. The molecule has 114 valence electrons. The van der Waals surface area contributed by atoms with Crippen molar-refractivity contribution in [2.45, 2.75) is 33.2 Å². The molecule has 0 heterocycles. The van der Waals surface area contributed by atoms with E-state index >= 15 is 0 Å². The summed E-state index contributed by atoms with van der Waals surface area (Å²) in [5.74, 6) is 0.959. The van der Waals surface area contributed by atoms with Gasteiger partial charge in [0.15, 0.2) is 0 Å². The minimum absolute atomic E-state index is 0.171. The number of aryl methyl sites for hydroxylation is 2. The molecule has 0 bridgehead atoms. The number of aliphatic hydroxyl groups is 1. The Labute approximate surface area is 122 Å². The van der Waals surface area contributed by atoms with E-state index in [1.165, 1.54) is 0 Å². The summed E-state index contributed by atoms with van der Waals surface area (Å²) >= 11 is 0. The third-order valence-electron chi connectivity index (χ3n) is 3.28. The smallest absolute Gasteiger partial charge is 0.125 e. The van der Waals surface area contributed by atoms with E-state index in [4.69, 9.17) is 14.6 Å². The summed E-state index contributed by atoms with van der Waals surface area (Å²) in [7, 11) is 0. The van der Waals surface area contributed by atoms with Crippen LogP contribution in [0.5, 0.6) is 5.75 Å². The molecule has 0 radical (unpaired) electrons. The monoisotopic (exact) mass is 281 g/mol. The van der Waals surface area contributed by atoms with Gasteiger partial charge in [-0.3, -0.25) is 0 Å². The van der Waals surface area contributed by atoms with Gasteiger partial charge in [0.25, 0.3) is 0 Å². The van der Waals surface area contributed by atoms with Crippen LogP contribution in [0.3, 0.4) is 0 Å². The van der Waals surface area contributed by atoms with E-state index in [2.05, 4.69) is 5.32 Å². The number of nitrogens with one attached hydrogen (secondary N) is 1. The van der Waals surface area contributed by atoms with E-state index in [-0.39, 0.29) is 12.6 Å². The summed E-state index contributed by atoms with van der Waals surface area (Å²) in [5, 5.41) is 12.3. The zero-order valence-corrected chi connectivity index (χ0v) is 12.8. The van der Waals surface area contributed by atoms with Crippen molar-refractivity contribution in [1.82, 2.24) is 5.32 Å². The van der Waals surface area contributed by atoms with Crippen molar-refractivity contribution in [2.75, 3.05) is 33.0 Å². The largest absolute Gasteiger partial charge is 0.491 e. The van der Waals surface area contributed by atoms with Gasteiger partial charge in [0.05, 0.1) is 19.8 Å². The third kappa shape index (κ3) is 5.90. The number of benzene rings is 1. The first kappa shape index (κ1) is 17.0. The Morgan fingerprint density at radius 2 is 1.85 bits per heavy atom. The number of hydrogen-bond acceptors (Lipinski definition) is 4. The van der Waals surface area contributed by atoms with Gasteiger partial charge in [0.2, 0.25) is 0 Å². The van der Waals surface area contributed by atoms with Crippen LogP contribution in [0.1, 0.15) is 24.5 Å². The van der Waals surface area contributed by atoms with E-state index in [9.17, 15) is 0 Å². The highest BCUT2D eigenvalue weighted by molar-refractivity contribution is 5.39. The van der Waals surface area contributed by atoms with Crippen LogP contribution in [-0.4, -0.2) is 44.1 Å². The zero-order valence-electron chi connectivity index (χ0n) is 12.8. The Morgan fingerprint density at radius 1 is 1.15 bits per heavy atom. The molecule has 0 spiro atoms. The second kappa shape index (κ2) is 9.75. The van der Waals surface area contributed by atoms with Crippen LogP contribution in [0.25, 0.3) is 0 Å². The highest BCUT2D eigenvalue weighted by Gasteiger charge is 2.03. The van der Waals surface area contributed by atoms with Crippen LogP contribution in [0.2, 0.25) is 0 Å². The molecule has 0 amide bonds. The Bertz CT molecular complexity index is 358. The zero-order chi connectivity index (χ0) is 14.8. The molecule has 0 unspecified atom stereocenters. The van der Waals surface area contributed by atoms with Gasteiger partial charge in [-0.05, 0) is 31.4 Å². The van der Waals surface area contributed by atoms with Crippen molar-refractivity contribution in [2.24, 2.45) is 0 Å². The molecule has 0 aromatic heterocycles. The molecule has 4 nitrogen and oxygen atoms in total. The molecule has 0 saturated carbocycles. The van der Waals surface area contributed by atoms with E-state index in [1.807, 2.05) is 39.0 Å². The van der Waals surface area contributed by atoms with Gasteiger partial charge in [-0.15, -0.1) is 0 Å². The summed E-state index contributed by atoms with van der Waals surface area (Å²) in [4.78, 5) is 0. The van der Waals surface area contributed by atoms with Crippen molar-refractivity contribution in [3.63, 3.8) is 0 Å². The molecule has 1 rings (SSSR count). The second-order valence-corrected chi connectivity index (χ2v) is 4.92. The van der Waals surface area contributed by atoms with Crippen LogP contribution in [0, 0.1) is 13.8 Å². The first-order chi connectivity index (χ1) is 9.69. The maximum atomic E-state index is 9.02.